The Morgan fingerprint density at radius 1 is 1.24 bits per heavy atom. The molecule has 0 aliphatic heterocycles. The molecule has 2 N–H and O–H groups in total. The molecule has 1 atom stereocenters. The molecule has 0 fully saturated rings. The lowest BCUT2D eigenvalue weighted by molar-refractivity contribution is -0.122. The molecule has 0 bridgehead atoms. The average Bonchev–Trinajstić information content (AvgIpc) is 2.52. The standard InChI is InChI=1S/C17H18FNO2/c1-12(17(21)19-9-10-20)14-7-8-15(16(18)11-14)13-5-3-2-4-6-13/h2-8,11-12,20H,9-10H2,1H3,(H,19,21)/t12-/m1/s1. The van der Waals surface area contributed by atoms with Crippen molar-refractivity contribution in [2.24, 2.45) is 0 Å². The second kappa shape index (κ2) is 6.99. The van der Waals surface area contributed by atoms with Crippen molar-refractivity contribution in [2.45, 2.75) is 12.8 Å². The largest absolute Gasteiger partial charge is 0.395 e. The summed E-state index contributed by atoms with van der Waals surface area (Å²) in [6.07, 6.45) is 0. The Balaban J connectivity index is 2.21. The van der Waals surface area contributed by atoms with Crippen LogP contribution in [0.3, 0.4) is 0 Å². The van der Waals surface area contributed by atoms with Crippen LogP contribution in [0.2, 0.25) is 0 Å². The Bertz CT molecular complexity index is 613. The first-order valence-corrected chi connectivity index (χ1v) is 6.87. The van der Waals surface area contributed by atoms with E-state index >= 15 is 0 Å². The average molecular weight is 287 g/mol. The number of hydrogen-bond acceptors (Lipinski definition) is 2. The molecule has 2 rings (SSSR count). The van der Waals surface area contributed by atoms with Gasteiger partial charge in [0, 0.05) is 12.1 Å². The number of carbonyl (C=O) groups excluding carboxylic acids is 1. The van der Waals surface area contributed by atoms with Gasteiger partial charge in [-0.3, -0.25) is 4.79 Å². The van der Waals surface area contributed by atoms with Gasteiger partial charge in [0.1, 0.15) is 5.82 Å². The maximum Gasteiger partial charge on any atom is 0.227 e. The molecule has 4 heteroatoms. The number of nitrogens with one attached hydrogen (secondary N) is 1. The van der Waals surface area contributed by atoms with Crippen molar-refractivity contribution < 1.29 is 14.3 Å². The van der Waals surface area contributed by atoms with Gasteiger partial charge in [0.25, 0.3) is 0 Å². The highest BCUT2D eigenvalue weighted by Crippen LogP contribution is 2.26. The van der Waals surface area contributed by atoms with Gasteiger partial charge in [0.15, 0.2) is 0 Å². The third-order valence-electron chi connectivity index (χ3n) is 3.38. The fourth-order valence-electron chi connectivity index (χ4n) is 2.14. The summed E-state index contributed by atoms with van der Waals surface area (Å²) in [6.45, 7) is 1.80. The van der Waals surface area contributed by atoms with E-state index in [-0.39, 0.29) is 24.9 Å². The molecule has 2 aromatic carbocycles. The Kier molecular flexibility index (Phi) is 5.06. The first-order chi connectivity index (χ1) is 10.1. The smallest absolute Gasteiger partial charge is 0.227 e. The summed E-state index contributed by atoms with van der Waals surface area (Å²) in [5.74, 6) is -1.03. The normalized spacial score (nSPS) is 12.0. The van der Waals surface area contributed by atoms with E-state index in [0.29, 0.717) is 11.1 Å². The third-order valence-corrected chi connectivity index (χ3v) is 3.38. The van der Waals surface area contributed by atoms with Gasteiger partial charge in [-0.15, -0.1) is 0 Å². The quantitative estimate of drug-likeness (QED) is 0.888. The molecular formula is C17H18FNO2. The van der Waals surface area contributed by atoms with E-state index in [1.165, 1.54) is 6.07 Å². The Hall–Kier alpha value is -2.20. The van der Waals surface area contributed by atoms with Gasteiger partial charge in [0.05, 0.1) is 12.5 Å². The van der Waals surface area contributed by atoms with E-state index in [1.807, 2.05) is 30.3 Å². The Labute approximate surface area is 123 Å². The lowest BCUT2D eigenvalue weighted by Crippen LogP contribution is -2.30. The van der Waals surface area contributed by atoms with Crippen LogP contribution in [-0.4, -0.2) is 24.2 Å². The number of benzene rings is 2. The predicted octanol–water partition coefficient (Wildman–Crippen LogP) is 2.70. The number of amides is 1. The van der Waals surface area contributed by atoms with E-state index in [0.717, 1.165) is 5.56 Å². The zero-order chi connectivity index (χ0) is 15.2. The topological polar surface area (TPSA) is 49.3 Å². The Morgan fingerprint density at radius 2 is 1.95 bits per heavy atom. The van der Waals surface area contributed by atoms with E-state index < -0.39 is 5.92 Å². The third kappa shape index (κ3) is 3.67. The van der Waals surface area contributed by atoms with Gasteiger partial charge in [-0.1, -0.05) is 42.5 Å². The molecule has 0 aliphatic rings. The second-order valence-corrected chi connectivity index (χ2v) is 4.84. The molecule has 21 heavy (non-hydrogen) atoms. The fraction of sp³-hybridized carbons (Fsp3) is 0.235. The minimum absolute atomic E-state index is 0.111. The first kappa shape index (κ1) is 15.2. The van der Waals surface area contributed by atoms with Gasteiger partial charge < -0.3 is 10.4 Å². The van der Waals surface area contributed by atoms with Crippen molar-refractivity contribution in [1.29, 1.82) is 0 Å². The van der Waals surface area contributed by atoms with Crippen molar-refractivity contribution in [2.75, 3.05) is 13.2 Å². The van der Waals surface area contributed by atoms with Crippen LogP contribution in [0.5, 0.6) is 0 Å². The molecule has 0 aliphatic carbocycles. The maximum absolute atomic E-state index is 14.2. The van der Waals surface area contributed by atoms with Crippen LogP contribution in [0.1, 0.15) is 18.4 Å². The predicted molar refractivity (Wildman–Crippen MR) is 80.3 cm³/mol. The van der Waals surface area contributed by atoms with Crippen LogP contribution >= 0.6 is 0 Å². The molecule has 0 aromatic heterocycles. The van der Waals surface area contributed by atoms with E-state index in [2.05, 4.69) is 5.32 Å². The van der Waals surface area contributed by atoms with Crippen LogP contribution in [0.4, 0.5) is 4.39 Å². The van der Waals surface area contributed by atoms with Gasteiger partial charge in [-0.2, -0.15) is 0 Å². The number of hydrogen-bond donors (Lipinski definition) is 2. The zero-order valence-corrected chi connectivity index (χ0v) is 11.8. The van der Waals surface area contributed by atoms with Gasteiger partial charge in [-0.25, -0.2) is 4.39 Å². The number of aliphatic hydroxyl groups is 1. The molecule has 0 heterocycles. The SMILES string of the molecule is C[C@@H](C(=O)NCCO)c1ccc(-c2ccccc2)c(F)c1. The molecule has 2 aromatic rings. The van der Waals surface area contributed by atoms with Crippen molar-refractivity contribution in [3.8, 4) is 11.1 Å². The molecule has 110 valence electrons. The maximum atomic E-state index is 14.2. The summed E-state index contributed by atoms with van der Waals surface area (Å²) in [6, 6.07) is 14.1. The fourth-order valence-corrected chi connectivity index (χ4v) is 2.14. The molecule has 0 unspecified atom stereocenters. The van der Waals surface area contributed by atoms with Crippen LogP contribution in [-0.2, 0) is 4.79 Å². The molecule has 0 saturated carbocycles. The van der Waals surface area contributed by atoms with Crippen molar-refractivity contribution in [3.63, 3.8) is 0 Å². The summed E-state index contributed by atoms with van der Waals surface area (Å²) in [5, 5.41) is 11.3. The molecule has 3 nitrogen and oxygen atoms in total. The van der Waals surface area contributed by atoms with Crippen molar-refractivity contribution >= 4 is 5.91 Å². The summed E-state index contributed by atoms with van der Waals surface area (Å²) < 4.78 is 14.2. The molecule has 1 amide bonds. The highest BCUT2D eigenvalue weighted by Gasteiger charge is 2.16. The summed E-state index contributed by atoms with van der Waals surface area (Å²) in [4.78, 5) is 11.8. The van der Waals surface area contributed by atoms with Crippen molar-refractivity contribution in [1.82, 2.24) is 5.32 Å². The van der Waals surface area contributed by atoms with Crippen LogP contribution in [0.25, 0.3) is 11.1 Å². The number of rotatable bonds is 5. The minimum atomic E-state index is -0.462. The highest BCUT2D eigenvalue weighted by atomic mass is 19.1. The zero-order valence-electron chi connectivity index (χ0n) is 11.8. The molecular weight excluding hydrogens is 269 g/mol. The number of carbonyl (C=O) groups is 1. The summed E-state index contributed by atoms with van der Waals surface area (Å²) in [7, 11) is 0. The van der Waals surface area contributed by atoms with Gasteiger partial charge >= 0.3 is 0 Å². The van der Waals surface area contributed by atoms with E-state index in [1.54, 1.807) is 19.1 Å². The van der Waals surface area contributed by atoms with Gasteiger partial charge in [0.2, 0.25) is 5.91 Å². The van der Waals surface area contributed by atoms with Crippen molar-refractivity contribution in [3.05, 3.63) is 59.9 Å². The summed E-state index contributed by atoms with van der Waals surface area (Å²) in [5.41, 5.74) is 1.93. The lowest BCUT2D eigenvalue weighted by Gasteiger charge is -2.13. The van der Waals surface area contributed by atoms with E-state index in [9.17, 15) is 9.18 Å². The summed E-state index contributed by atoms with van der Waals surface area (Å²) >= 11 is 0. The second-order valence-electron chi connectivity index (χ2n) is 4.84. The molecule has 0 saturated heterocycles. The highest BCUT2D eigenvalue weighted by molar-refractivity contribution is 5.83. The van der Waals surface area contributed by atoms with Gasteiger partial charge in [-0.05, 0) is 24.1 Å². The van der Waals surface area contributed by atoms with Crippen LogP contribution < -0.4 is 5.32 Å². The number of aliphatic hydroxyl groups excluding tert-OH is 1. The van der Waals surface area contributed by atoms with E-state index in [4.69, 9.17) is 5.11 Å². The first-order valence-electron chi connectivity index (χ1n) is 6.87. The van der Waals surface area contributed by atoms with Crippen LogP contribution in [0, 0.1) is 5.82 Å². The van der Waals surface area contributed by atoms with Crippen LogP contribution in [0.15, 0.2) is 48.5 Å². The monoisotopic (exact) mass is 287 g/mol. The lowest BCUT2D eigenvalue weighted by atomic mass is 9.96. The molecule has 0 radical (unpaired) electrons. The minimum Gasteiger partial charge on any atom is -0.395 e. The Morgan fingerprint density at radius 3 is 2.57 bits per heavy atom. The molecule has 0 spiro atoms. The number of halogens is 1.